The summed E-state index contributed by atoms with van der Waals surface area (Å²) in [6.45, 7) is 5.36. The largest absolute Gasteiger partial charge is 0.491 e. The van der Waals surface area contributed by atoms with Crippen molar-refractivity contribution < 1.29 is 22.7 Å². The van der Waals surface area contributed by atoms with Crippen molar-refractivity contribution in [2.45, 2.75) is 23.8 Å². The normalized spacial score (nSPS) is 15.7. The van der Waals surface area contributed by atoms with Gasteiger partial charge in [-0.1, -0.05) is 18.2 Å². The minimum Gasteiger partial charge on any atom is -0.491 e. The molecule has 0 saturated carbocycles. The van der Waals surface area contributed by atoms with E-state index in [1.807, 2.05) is 5.38 Å². The first kappa shape index (κ1) is 24.1. The van der Waals surface area contributed by atoms with E-state index < -0.39 is 9.84 Å². The van der Waals surface area contributed by atoms with Gasteiger partial charge >= 0.3 is 0 Å². The molecule has 1 aromatic heterocycles. The van der Waals surface area contributed by atoms with Crippen LogP contribution in [0.4, 0.5) is 5.13 Å². The third kappa shape index (κ3) is 5.72. The molecule has 1 aliphatic heterocycles. The number of rotatable bonds is 9. The van der Waals surface area contributed by atoms with Crippen LogP contribution < -0.4 is 9.64 Å². The van der Waals surface area contributed by atoms with Crippen molar-refractivity contribution in [2.75, 3.05) is 30.9 Å². The number of carbonyl (C=O) groups is 1. The Hall–Kier alpha value is -3.01. The molecule has 34 heavy (non-hydrogen) atoms. The maximum absolute atomic E-state index is 13.2. The smallest absolute Gasteiger partial charge is 0.260 e. The monoisotopic (exact) mass is 498 g/mol. The van der Waals surface area contributed by atoms with Crippen LogP contribution in [-0.2, 0) is 14.6 Å². The van der Waals surface area contributed by atoms with E-state index >= 15 is 0 Å². The molecule has 1 amide bonds. The van der Waals surface area contributed by atoms with Crippen LogP contribution in [0.2, 0.25) is 0 Å². The van der Waals surface area contributed by atoms with Crippen LogP contribution in [-0.4, -0.2) is 51.4 Å². The molecule has 0 spiro atoms. The van der Waals surface area contributed by atoms with Crippen LogP contribution in [0, 0.1) is 0 Å². The van der Waals surface area contributed by atoms with Crippen molar-refractivity contribution in [2.24, 2.45) is 0 Å². The van der Waals surface area contributed by atoms with Crippen molar-refractivity contribution in [3.8, 4) is 17.0 Å². The van der Waals surface area contributed by atoms with Crippen LogP contribution in [0.5, 0.6) is 5.75 Å². The zero-order valence-corrected chi connectivity index (χ0v) is 20.5. The van der Waals surface area contributed by atoms with Crippen molar-refractivity contribution in [1.82, 2.24) is 4.98 Å². The lowest BCUT2D eigenvalue weighted by Gasteiger charge is -2.18. The highest BCUT2D eigenvalue weighted by Crippen LogP contribution is 2.29. The summed E-state index contributed by atoms with van der Waals surface area (Å²) in [4.78, 5) is 19.7. The number of thiazole rings is 1. The van der Waals surface area contributed by atoms with Crippen LogP contribution in [0.1, 0.15) is 23.2 Å². The number of nitrogens with zero attached hydrogens (tertiary/aromatic N) is 2. The summed E-state index contributed by atoms with van der Waals surface area (Å²) in [5.41, 5.74) is 1.95. The number of amides is 1. The number of anilines is 1. The number of aromatic nitrogens is 1. The number of benzene rings is 2. The number of carbonyl (C=O) groups excluding carboxylic acids is 1. The molecule has 2 aromatic carbocycles. The van der Waals surface area contributed by atoms with Crippen LogP contribution in [0.3, 0.4) is 0 Å². The van der Waals surface area contributed by atoms with Gasteiger partial charge < -0.3 is 9.47 Å². The molecule has 3 aromatic rings. The fraction of sp³-hybridized carbons (Fsp3) is 0.280. The predicted octanol–water partition coefficient (Wildman–Crippen LogP) is 4.60. The molecule has 4 rings (SSSR count). The van der Waals surface area contributed by atoms with Gasteiger partial charge in [-0.05, 0) is 49.2 Å². The van der Waals surface area contributed by atoms with E-state index in [0.717, 1.165) is 25.0 Å². The number of hydrogen-bond donors (Lipinski definition) is 0. The standard InChI is InChI=1S/C25H26N2O5S2/c1-3-14-27(24(28)19-6-10-20(11-7-19)32-16-21-5-4-15-31-21)25-26-23(17-33-25)18-8-12-22(13-9-18)34(2,29)30/h3,6-13,17,21H,1,4-5,14-16H2,2H3/t21-/m1/s1. The van der Waals surface area contributed by atoms with E-state index in [1.165, 1.54) is 17.6 Å². The lowest BCUT2D eigenvalue weighted by atomic mass is 10.2. The van der Waals surface area contributed by atoms with Gasteiger partial charge in [0.2, 0.25) is 0 Å². The third-order valence-corrected chi connectivity index (χ3v) is 7.41. The van der Waals surface area contributed by atoms with Gasteiger partial charge in [-0.15, -0.1) is 17.9 Å². The quantitative estimate of drug-likeness (QED) is 0.401. The summed E-state index contributed by atoms with van der Waals surface area (Å²) >= 11 is 1.34. The molecule has 2 heterocycles. The number of hydrogen-bond acceptors (Lipinski definition) is 7. The van der Waals surface area contributed by atoms with Crippen molar-refractivity contribution in [3.63, 3.8) is 0 Å². The molecule has 1 atom stereocenters. The third-order valence-electron chi connectivity index (χ3n) is 5.42. The molecule has 0 N–H and O–H groups in total. The summed E-state index contributed by atoms with van der Waals surface area (Å²) in [5.74, 6) is 0.496. The second-order valence-electron chi connectivity index (χ2n) is 7.99. The fourth-order valence-electron chi connectivity index (χ4n) is 3.59. The van der Waals surface area contributed by atoms with Crippen molar-refractivity contribution in [1.29, 1.82) is 0 Å². The fourth-order valence-corrected chi connectivity index (χ4v) is 5.06. The Labute approximate surface area is 203 Å². The highest BCUT2D eigenvalue weighted by Gasteiger charge is 2.21. The molecular formula is C25H26N2O5S2. The maximum atomic E-state index is 13.2. The highest BCUT2D eigenvalue weighted by molar-refractivity contribution is 7.90. The van der Waals surface area contributed by atoms with E-state index in [0.29, 0.717) is 35.3 Å². The molecule has 7 nitrogen and oxygen atoms in total. The summed E-state index contributed by atoms with van der Waals surface area (Å²) < 4.78 is 34.7. The summed E-state index contributed by atoms with van der Waals surface area (Å²) in [7, 11) is -3.27. The Balaban J connectivity index is 1.48. The van der Waals surface area contributed by atoms with Gasteiger partial charge in [0.15, 0.2) is 15.0 Å². The maximum Gasteiger partial charge on any atom is 0.260 e. The average molecular weight is 499 g/mol. The summed E-state index contributed by atoms with van der Waals surface area (Å²) in [6, 6.07) is 13.6. The lowest BCUT2D eigenvalue weighted by molar-refractivity contribution is 0.0679. The first-order valence-corrected chi connectivity index (χ1v) is 13.7. The van der Waals surface area contributed by atoms with E-state index in [4.69, 9.17) is 9.47 Å². The van der Waals surface area contributed by atoms with E-state index in [-0.39, 0.29) is 16.9 Å². The molecule has 0 unspecified atom stereocenters. The van der Waals surface area contributed by atoms with Gasteiger partial charge in [0.05, 0.1) is 16.7 Å². The van der Waals surface area contributed by atoms with Crippen molar-refractivity contribution in [3.05, 3.63) is 72.1 Å². The SMILES string of the molecule is C=CCN(C(=O)c1ccc(OC[C@H]2CCCO2)cc1)c1nc(-c2ccc(S(C)(=O)=O)cc2)cs1. The molecule has 0 bridgehead atoms. The van der Waals surface area contributed by atoms with E-state index in [9.17, 15) is 13.2 Å². The summed E-state index contributed by atoms with van der Waals surface area (Å²) in [5, 5.41) is 2.38. The molecular weight excluding hydrogens is 472 g/mol. The van der Waals surface area contributed by atoms with Crippen molar-refractivity contribution >= 4 is 32.2 Å². The van der Waals surface area contributed by atoms with Gasteiger partial charge in [0.1, 0.15) is 12.4 Å². The molecule has 1 aliphatic rings. The Kier molecular flexibility index (Phi) is 7.45. The highest BCUT2D eigenvalue weighted by atomic mass is 32.2. The van der Waals surface area contributed by atoms with Crippen LogP contribution >= 0.6 is 11.3 Å². The minimum atomic E-state index is -3.27. The summed E-state index contributed by atoms with van der Waals surface area (Å²) in [6.07, 6.45) is 5.02. The lowest BCUT2D eigenvalue weighted by Crippen LogP contribution is -2.30. The topological polar surface area (TPSA) is 85.8 Å². The average Bonchev–Trinajstić information content (AvgIpc) is 3.53. The predicted molar refractivity (Wildman–Crippen MR) is 133 cm³/mol. The number of ether oxygens (including phenoxy) is 2. The van der Waals surface area contributed by atoms with E-state index in [1.54, 1.807) is 59.5 Å². The zero-order valence-electron chi connectivity index (χ0n) is 18.8. The number of sulfone groups is 1. The van der Waals surface area contributed by atoms with Gasteiger partial charge in [-0.3, -0.25) is 9.69 Å². The van der Waals surface area contributed by atoms with Gasteiger partial charge in [0.25, 0.3) is 5.91 Å². The molecule has 9 heteroatoms. The van der Waals surface area contributed by atoms with Gasteiger partial charge in [-0.2, -0.15) is 0 Å². The Bertz CT molecular complexity index is 1250. The van der Waals surface area contributed by atoms with Gasteiger partial charge in [-0.25, -0.2) is 13.4 Å². The second kappa shape index (κ2) is 10.5. The first-order valence-electron chi connectivity index (χ1n) is 10.9. The Morgan fingerprint density at radius 2 is 1.97 bits per heavy atom. The van der Waals surface area contributed by atoms with Crippen LogP contribution in [0.25, 0.3) is 11.3 Å². The van der Waals surface area contributed by atoms with Gasteiger partial charge in [0, 0.05) is 35.9 Å². The molecule has 1 saturated heterocycles. The Morgan fingerprint density at radius 3 is 2.59 bits per heavy atom. The first-order chi connectivity index (χ1) is 16.3. The van der Waals surface area contributed by atoms with E-state index in [2.05, 4.69) is 11.6 Å². The second-order valence-corrected chi connectivity index (χ2v) is 10.8. The zero-order chi connectivity index (χ0) is 24.1. The molecule has 0 aliphatic carbocycles. The Morgan fingerprint density at radius 1 is 1.24 bits per heavy atom. The van der Waals surface area contributed by atoms with Crippen LogP contribution in [0.15, 0.2) is 71.5 Å². The molecule has 178 valence electrons. The minimum absolute atomic E-state index is 0.131. The molecule has 0 radical (unpaired) electrons. The molecule has 1 fully saturated rings.